The average molecular weight is 296 g/mol. The Hall–Kier alpha value is -1.56. The summed E-state index contributed by atoms with van der Waals surface area (Å²) in [6.07, 6.45) is 5.22. The van der Waals surface area contributed by atoms with Crippen LogP contribution >= 0.6 is 15.9 Å². The van der Waals surface area contributed by atoms with Gasteiger partial charge >= 0.3 is 0 Å². The Morgan fingerprint density at radius 1 is 1.41 bits per heavy atom. The van der Waals surface area contributed by atoms with Gasteiger partial charge < -0.3 is 11.6 Å². The van der Waals surface area contributed by atoms with E-state index in [4.69, 9.17) is 11.6 Å². The molecule has 0 aliphatic rings. The molecule has 6 heteroatoms. The van der Waals surface area contributed by atoms with E-state index in [-0.39, 0.29) is 0 Å². The Kier molecular flexibility index (Phi) is 3.33. The Bertz CT molecular complexity index is 535. The smallest absolute Gasteiger partial charge is 0.150 e. The molecule has 0 amide bonds. The van der Waals surface area contributed by atoms with Crippen molar-refractivity contribution in [1.29, 1.82) is 0 Å². The minimum atomic E-state index is 0.466. The summed E-state index contributed by atoms with van der Waals surface area (Å²) in [6.45, 7) is 2.07. The molecule has 2 rings (SSSR count). The van der Waals surface area contributed by atoms with Crippen LogP contribution in [0.3, 0.4) is 0 Å². The van der Waals surface area contributed by atoms with Crippen LogP contribution in [0.15, 0.2) is 22.9 Å². The van der Waals surface area contributed by atoms with Gasteiger partial charge in [0.1, 0.15) is 11.5 Å². The van der Waals surface area contributed by atoms with E-state index < -0.39 is 0 Å². The maximum Gasteiger partial charge on any atom is 0.150 e. The van der Waals surface area contributed by atoms with Crippen molar-refractivity contribution in [3.63, 3.8) is 0 Å². The topological polar surface area (TPSA) is 82.8 Å². The first-order valence-electron chi connectivity index (χ1n) is 5.36. The van der Waals surface area contributed by atoms with Crippen LogP contribution in [-0.4, -0.2) is 14.6 Å². The van der Waals surface area contributed by atoms with Crippen molar-refractivity contribution in [2.75, 3.05) is 11.6 Å². The van der Waals surface area contributed by atoms with E-state index in [1.54, 1.807) is 12.4 Å². The fourth-order valence-corrected chi connectivity index (χ4v) is 2.01. The number of aromatic nitrogens is 3. The molecule has 17 heavy (non-hydrogen) atoms. The monoisotopic (exact) mass is 295 g/mol. The van der Waals surface area contributed by atoms with Crippen LogP contribution in [-0.2, 0) is 6.42 Å². The number of nitrogen functional groups attached to an aromatic ring is 2. The Morgan fingerprint density at radius 2 is 2.18 bits per heavy atom. The normalized spacial score (nSPS) is 10.7. The van der Waals surface area contributed by atoms with Gasteiger partial charge in [-0.05, 0) is 28.4 Å². The van der Waals surface area contributed by atoms with Crippen molar-refractivity contribution in [2.24, 2.45) is 0 Å². The second kappa shape index (κ2) is 4.75. The number of rotatable bonds is 3. The molecule has 2 aromatic heterocycles. The molecule has 0 atom stereocenters. The molecule has 0 saturated heterocycles. The molecule has 0 radical (unpaired) electrons. The summed E-state index contributed by atoms with van der Waals surface area (Å²) in [7, 11) is 0. The van der Waals surface area contributed by atoms with E-state index in [0.717, 1.165) is 28.7 Å². The van der Waals surface area contributed by atoms with Crippen molar-refractivity contribution >= 4 is 21.7 Å². The van der Waals surface area contributed by atoms with Gasteiger partial charge in [-0.2, -0.15) is 0 Å². The van der Waals surface area contributed by atoms with Crippen molar-refractivity contribution in [3.05, 3.63) is 28.8 Å². The van der Waals surface area contributed by atoms with Gasteiger partial charge in [-0.3, -0.25) is 4.98 Å². The predicted octanol–water partition coefficient (Wildman–Crippen LogP) is 1.96. The van der Waals surface area contributed by atoms with Gasteiger partial charge in [0.05, 0.1) is 0 Å². The van der Waals surface area contributed by atoms with Gasteiger partial charge in [0, 0.05) is 28.9 Å². The van der Waals surface area contributed by atoms with Crippen molar-refractivity contribution in [2.45, 2.75) is 19.8 Å². The molecule has 0 fully saturated rings. The molecule has 0 aliphatic carbocycles. The minimum Gasteiger partial charge on any atom is -0.382 e. The summed E-state index contributed by atoms with van der Waals surface area (Å²) in [5.74, 6) is 7.12. The van der Waals surface area contributed by atoms with Gasteiger partial charge in [0.15, 0.2) is 5.82 Å². The standard InChI is InChI=1S/C11H14BrN5/c1-2-3-9-16-10(11(13)17(9)14)7-4-8(12)6-15-5-7/h4-6H,2-3,13-14H2,1H3. The number of hydrogen-bond donors (Lipinski definition) is 2. The van der Waals surface area contributed by atoms with Crippen LogP contribution in [0.25, 0.3) is 11.3 Å². The number of nitrogens with zero attached hydrogens (tertiary/aromatic N) is 3. The molecular formula is C11H14BrN5. The van der Waals surface area contributed by atoms with Crippen LogP contribution in [0.1, 0.15) is 19.2 Å². The molecule has 0 aromatic carbocycles. The van der Waals surface area contributed by atoms with Crippen molar-refractivity contribution in [1.82, 2.24) is 14.6 Å². The van der Waals surface area contributed by atoms with E-state index in [2.05, 4.69) is 32.8 Å². The Labute approximate surface area is 108 Å². The second-order valence-corrected chi connectivity index (χ2v) is 4.69. The number of halogens is 1. The first kappa shape index (κ1) is 11.9. The molecular weight excluding hydrogens is 282 g/mol. The third-order valence-corrected chi connectivity index (χ3v) is 2.91. The molecule has 0 aliphatic heterocycles. The van der Waals surface area contributed by atoms with Crippen LogP contribution in [0.5, 0.6) is 0 Å². The van der Waals surface area contributed by atoms with E-state index in [1.165, 1.54) is 4.68 Å². The fraction of sp³-hybridized carbons (Fsp3) is 0.273. The first-order chi connectivity index (χ1) is 8.13. The van der Waals surface area contributed by atoms with Gasteiger partial charge in [-0.1, -0.05) is 6.92 Å². The van der Waals surface area contributed by atoms with Crippen LogP contribution in [0.4, 0.5) is 5.82 Å². The zero-order valence-electron chi connectivity index (χ0n) is 9.52. The second-order valence-electron chi connectivity index (χ2n) is 3.77. The predicted molar refractivity (Wildman–Crippen MR) is 71.7 cm³/mol. The number of nitrogens with two attached hydrogens (primary N) is 2. The van der Waals surface area contributed by atoms with E-state index in [9.17, 15) is 0 Å². The lowest BCUT2D eigenvalue weighted by molar-refractivity contribution is 0.794. The van der Waals surface area contributed by atoms with E-state index in [0.29, 0.717) is 11.5 Å². The largest absolute Gasteiger partial charge is 0.382 e. The van der Waals surface area contributed by atoms with Crippen LogP contribution < -0.4 is 11.6 Å². The molecule has 0 saturated carbocycles. The molecule has 0 unspecified atom stereocenters. The summed E-state index contributed by atoms with van der Waals surface area (Å²) < 4.78 is 2.33. The molecule has 90 valence electrons. The van der Waals surface area contributed by atoms with Crippen molar-refractivity contribution in [3.8, 4) is 11.3 Å². The molecule has 4 N–H and O–H groups in total. The van der Waals surface area contributed by atoms with E-state index >= 15 is 0 Å². The lowest BCUT2D eigenvalue weighted by atomic mass is 10.2. The average Bonchev–Trinajstić information content (AvgIpc) is 2.58. The van der Waals surface area contributed by atoms with Gasteiger partial charge in [0.2, 0.25) is 0 Å². The van der Waals surface area contributed by atoms with Gasteiger partial charge in [-0.25, -0.2) is 9.66 Å². The Morgan fingerprint density at radius 3 is 2.82 bits per heavy atom. The number of pyridine rings is 1. The third-order valence-electron chi connectivity index (χ3n) is 2.47. The SMILES string of the molecule is CCCc1nc(-c2cncc(Br)c2)c(N)n1N. The quantitative estimate of drug-likeness (QED) is 0.848. The summed E-state index contributed by atoms with van der Waals surface area (Å²) in [5, 5.41) is 0. The fourth-order valence-electron chi connectivity index (χ4n) is 1.65. The molecule has 2 heterocycles. The number of imidazole rings is 1. The summed E-state index contributed by atoms with van der Waals surface area (Å²) in [5.41, 5.74) is 7.49. The summed E-state index contributed by atoms with van der Waals surface area (Å²) in [4.78, 5) is 8.56. The highest BCUT2D eigenvalue weighted by molar-refractivity contribution is 9.10. The summed E-state index contributed by atoms with van der Waals surface area (Å²) >= 11 is 3.37. The highest BCUT2D eigenvalue weighted by Gasteiger charge is 2.14. The van der Waals surface area contributed by atoms with Crippen molar-refractivity contribution < 1.29 is 0 Å². The molecule has 0 bridgehead atoms. The third kappa shape index (κ3) is 2.26. The molecule has 5 nitrogen and oxygen atoms in total. The highest BCUT2D eigenvalue weighted by Crippen LogP contribution is 2.26. The minimum absolute atomic E-state index is 0.466. The van der Waals surface area contributed by atoms with Crippen LogP contribution in [0, 0.1) is 0 Å². The number of hydrogen-bond acceptors (Lipinski definition) is 4. The highest BCUT2D eigenvalue weighted by atomic mass is 79.9. The Balaban J connectivity index is 2.49. The zero-order chi connectivity index (χ0) is 12.4. The lowest BCUT2D eigenvalue weighted by Crippen LogP contribution is -2.15. The maximum absolute atomic E-state index is 5.95. The summed E-state index contributed by atoms with van der Waals surface area (Å²) in [6, 6.07) is 1.92. The molecule has 0 spiro atoms. The van der Waals surface area contributed by atoms with Crippen LogP contribution in [0.2, 0.25) is 0 Å². The van der Waals surface area contributed by atoms with Gasteiger partial charge in [0.25, 0.3) is 0 Å². The maximum atomic E-state index is 5.95. The lowest BCUT2D eigenvalue weighted by Gasteiger charge is -2.01. The van der Waals surface area contributed by atoms with E-state index in [1.807, 2.05) is 6.07 Å². The number of anilines is 1. The zero-order valence-corrected chi connectivity index (χ0v) is 11.1. The number of aryl methyl sites for hydroxylation is 1. The van der Waals surface area contributed by atoms with Gasteiger partial charge in [-0.15, -0.1) is 0 Å². The molecule has 2 aromatic rings. The first-order valence-corrected chi connectivity index (χ1v) is 6.16.